The zero-order valence-corrected chi connectivity index (χ0v) is 10.4. The molecular weight excluding hydrogens is 202 g/mol. The van der Waals surface area contributed by atoms with Gasteiger partial charge in [-0.1, -0.05) is 19.1 Å². The summed E-state index contributed by atoms with van der Waals surface area (Å²) >= 11 is 2.01. The van der Waals surface area contributed by atoms with Gasteiger partial charge in [-0.05, 0) is 49.5 Å². The van der Waals surface area contributed by atoms with Gasteiger partial charge in [0.1, 0.15) is 0 Å². The Morgan fingerprint density at radius 3 is 3.13 bits per heavy atom. The maximum Gasteiger partial charge on any atom is 0.0110 e. The number of aryl methyl sites for hydroxylation is 1. The quantitative estimate of drug-likeness (QED) is 0.784. The molecule has 0 saturated heterocycles. The third kappa shape index (κ3) is 2.56. The molecule has 15 heavy (non-hydrogen) atoms. The number of fused-ring (bicyclic) bond motifs is 1. The van der Waals surface area contributed by atoms with E-state index in [0.717, 1.165) is 12.5 Å². The first kappa shape index (κ1) is 11.0. The lowest BCUT2D eigenvalue weighted by Crippen LogP contribution is -2.08. The van der Waals surface area contributed by atoms with E-state index in [1.165, 1.54) is 29.1 Å². The van der Waals surface area contributed by atoms with Gasteiger partial charge in [-0.3, -0.25) is 0 Å². The molecular formula is C13H19NS. The minimum atomic E-state index is 0.747. The molecule has 0 saturated carbocycles. The molecule has 0 radical (unpaired) electrons. The molecule has 2 rings (SSSR count). The molecule has 1 nitrogen and oxygen atoms in total. The van der Waals surface area contributed by atoms with E-state index in [1.54, 1.807) is 5.56 Å². The lowest BCUT2D eigenvalue weighted by Gasteiger charge is -2.06. The van der Waals surface area contributed by atoms with Crippen LogP contribution in [0, 0.1) is 0 Å². The van der Waals surface area contributed by atoms with Crippen LogP contribution in [0.25, 0.3) is 0 Å². The second-order valence-electron chi connectivity index (χ2n) is 4.29. The number of thioether (sulfide) groups is 1. The summed E-state index contributed by atoms with van der Waals surface area (Å²) in [5.41, 5.74) is 3.04. The molecule has 0 fully saturated rings. The first-order valence-electron chi connectivity index (χ1n) is 5.71. The maximum atomic E-state index is 3.19. The van der Waals surface area contributed by atoms with E-state index in [9.17, 15) is 0 Å². The van der Waals surface area contributed by atoms with Gasteiger partial charge in [0.2, 0.25) is 0 Å². The van der Waals surface area contributed by atoms with Gasteiger partial charge in [-0.25, -0.2) is 0 Å². The van der Waals surface area contributed by atoms with Crippen molar-refractivity contribution in [2.24, 2.45) is 0 Å². The van der Waals surface area contributed by atoms with E-state index < -0.39 is 0 Å². The summed E-state index contributed by atoms with van der Waals surface area (Å²) in [6.45, 7) is 3.43. The van der Waals surface area contributed by atoms with Crippen molar-refractivity contribution >= 4 is 11.8 Å². The topological polar surface area (TPSA) is 12.0 Å². The molecule has 0 aliphatic carbocycles. The van der Waals surface area contributed by atoms with Crippen LogP contribution >= 0.6 is 11.8 Å². The van der Waals surface area contributed by atoms with Crippen LogP contribution in [0.15, 0.2) is 23.1 Å². The molecule has 0 bridgehead atoms. The number of rotatable bonds is 4. The fourth-order valence-electron chi connectivity index (χ4n) is 2.04. The summed E-state index contributed by atoms with van der Waals surface area (Å²) < 4.78 is 0. The van der Waals surface area contributed by atoms with Crippen molar-refractivity contribution in [3.8, 4) is 0 Å². The van der Waals surface area contributed by atoms with Gasteiger partial charge < -0.3 is 5.32 Å². The van der Waals surface area contributed by atoms with E-state index in [-0.39, 0.29) is 0 Å². The number of benzene rings is 1. The highest BCUT2D eigenvalue weighted by molar-refractivity contribution is 7.99. The van der Waals surface area contributed by atoms with E-state index in [4.69, 9.17) is 0 Å². The minimum absolute atomic E-state index is 0.747. The normalized spacial score (nSPS) is 19.2. The van der Waals surface area contributed by atoms with Crippen LogP contribution in [0.1, 0.15) is 30.4 Å². The molecule has 0 aromatic heterocycles. The molecule has 1 heterocycles. The molecule has 0 spiro atoms. The fraction of sp³-hybridized carbons (Fsp3) is 0.538. The van der Waals surface area contributed by atoms with Gasteiger partial charge in [0, 0.05) is 10.6 Å². The van der Waals surface area contributed by atoms with Gasteiger partial charge >= 0.3 is 0 Å². The van der Waals surface area contributed by atoms with Gasteiger partial charge in [0.05, 0.1) is 0 Å². The third-order valence-corrected chi connectivity index (χ3v) is 4.32. The van der Waals surface area contributed by atoms with Crippen molar-refractivity contribution in [1.29, 1.82) is 0 Å². The Morgan fingerprint density at radius 2 is 2.33 bits per heavy atom. The summed E-state index contributed by atoms with van der Waals surface area (Å²) in [6.07, 6.45) is 2.43. The molecule has 1 aromatic rings. The number of hydrogen-bond donors (Lipinski definition) is 1. The van der Waals surface area contributed by atoms with Crippen LogP contribution in [-0.2, 0) is 6.42 Å². The Labute approximate surface area is 96.7 Å². The predicted molar refractivity (Wildman–Crippen MR) is 67.8 cm³/mol. The number of nitrogens with one attached hydrogen (secondary N) is 1. The van der Waals surface area contributed by atoms with Crippen molar-refractivity contribution in [2.45, 2.75) is 30.6 Å². The molecule has 1 unspecified atom stereocenters. The van der Waals surface area contributed by atoms with Gasteiger partial charge in [-0.15, -0.1) is 11.8 Å². The van der Waals surface area contributed by atoms with E-state index in [0.29, 0.717) is 0 Å². The van der Waals surface area contributed by atoms with Crippen LogP contribution in [0.4, 0.5) is 0 Å². The molecule has 1 aromatic carbocycles. The van der Waals surface area contributed by atoms with Gasteiger partial charge in [-0.2, -0.15) is 0 Å². The molecule has 1 aliphatic heterocycles. The zero-order valence-electron chi connectivity index (χ0n) is 9.55. The van der Waals surface area contributed by atoms with Crippen LogP contribution in [0.2, 0.25) is 0 Å². The fourth-order valence-corrected chi connectivity index (χ4v) is 3.32. The number of hydrogen-bond acceptors (Lipinski definition) is 2. The Morgan fingerprint density at radius 1 is 1.47 bits per heavy atom. The average molecular weight is 221 g/mol. The lowest BCUT2D eigenvalue weighted by molar-refractivity contribution is 0.723. The second-order valence-corrected chi connectivity index (χ2v) is 5.35. The average Bonchev–Trinajstić information content (AvgIpc) is 2.61. The van der Waals surface area contributed by atoms with Crippen molar-refractivity contribution in [3.63, 3.8) is 0 Å². The molecule has 1 atom stereocenters. The molecule has 82 valence electrons. The molecule has 2 heteroatoms. The minimum Gasteiger partial charge on any atom is -0.320 e. The molecule has 0 amide bonds. The van der Waals surface area contributed by atoms with E-state index >= 15 is 0 Å². The van der Waals surface area contributed by atoms with Gasteiger partial charge in [0.25, 0.3) is 0 Å². The van der Waals surface area contributed by atoms with Crippen LogP contribution in [-0.4, -0.2) is 19.3 Å². The maximum absolute atomic E-state index is 3.19. The highest BCUT2D eigenvalue weighted by Gasteiger charge is 2.18. The smallest absolute Gasteiger partial charge is 0.0110 e. The largest absolute Gasteiger partial charge is 0.320 e. The first-order valence-corrected chi connectivity index (χ1v) is 6.70. The van der Waals surface area contributed by atoms with E-state index in [2.05, 4.69) is 30.4 Å². The van der Waals surface area contributed by atoms with Crippen molar-refractivity contribution in [1.82, 2.24) is 5.32 Å². The summed E-state index contributed by atoms with van der Waals surface area (Å²) in [5, 5.41) is 3.19. The van der Waals surface area contributed by atoms with Crippen molar-refractivity contribution < 1.29 is 0 Å². The Hall–Kier alpha value is -0.470. The SMILES string of the molecule is CNCCCc1ccc2c(c1)SCC2C. The summed E-state index contributed by atoms with van der Waals surface area (Å²) in [7, 11) is 2.01. The van der Waals surface area contributed by atoms with Crippen LogP contribution in [0.5, 0.6) is 0 Å². The Kier molecular flexibility index (Phi) is 3.71. The lowest BCUT2D eigenvalue weighted by atomic mass is 10.0. The predicted octanol–water partition coefficient (Wildman–Crippen LogP) is 3.05. The highest BCUT2D eigenvalue weighted by atomic mass is 32.2. The van der Waals surface area contributed by atoms with Crippen molar-refractivity contribution in [3.05, 3.63) is 29.3 Å². The van der Waals surface area contributed by atoms with Gasteiger partial charge in [0.15, 0.2) is 0 Å². The third-order valence-electron chi connectivity index (χ3n) is 2.99. The molecule has 1 aliphatic rings. The van der Waals surface area contributed by atoms with E-state index in [1.807, 2.05) is 18.8 Å². The first-order chi connectivity index (χ1) is 7.31. The molecule has 1 N–H and O–H groups in total. The highest BCUT2D eigenvalue weighted by Crippen LogP contribution is 2.39. The Bertz CT molecular complexity index is 335. The van der Waals surface area contributed by atoms with Crippen molar-refractivity contribution in [2.75, 3.05) is 19.3 Å². The summed E-state index contributed by atoms with van der Waals surface area (Å²) in [6, 6.07) is 7.02. The second kappa shape index (κ2) is 5.04. The Balaban J connectivity index is 2.03. The van der Waals surface area contributed by atoms with Crippen LogP contribution < -0.4 is 5.32 Å². The summed E-state index contributed by atoms with van der Waals surface area (Å²) in [4.78, 5) is 1.52. The standard InChI is InChI=1S/C13H19NS/c1-10-9-15-13-8-11(4-3-7-14-2)5-6-12(10)13/h5-6,8,10,14H,3-4,7,9H2,1-2H3. The summed E-state index contributed by atoms with van der Waals surface area (Å²) in [5.74, 6) is 2.01. The monoisotopic (exact) mass is 221 g/mol. The van der Waals surface area contributed by atoms with Crippen LogP contribution in [0.3, 0.4) is 0 Å². The zero-order chi connectivity index (χ0) is 10.7.